The third kappa shape index (κ3) is 3.04. The van der Waals surface area contributed by atoms with Crippen LogP contribution in [0.25, 0.3) is 0 Å². The van der Waals surface area contributed by atoms with Gasteiger partial charge in [0.15, 0.2) is 0 Å². The number of nitrogens with zero attached hydrogens (tertiary/aromatic N) is 1. The topological polar surface area (TPSA) is 58.4 Å². The Kier molecular flexibility index (Phi) is 3.91. The van der Waals surface area contributed by atoms with E-state index in [4.69, 9.17) is 17.3 Å². The zero-order valence-corrected chi connectivity index (χ0v) is 10.6. The standard InChI is InChI=1S/C12H15ClFN3O/c13-10-2-1-9(7-11(10)14)16-8-3-5-17(6-4-8)12(15)18/h1-2,7-8,16H,3-6H2,(H2,15,18). The highest BCUT2D eigenvalue weighted by molar-refractivity contribution is 6.30. The lowest BCUT2D eigenvalue weighted by molar-refractivity contribution is 0.193. The van der Waals surface area contributed by atoms with Gasteiger partial charge in [0.2, 0.25) is 0 Å². The molecule has 1 aromatic carbocycles. The average molecular weight is 272 g/mol. The number of nitrogens with one attached hydrogen (secondary N) is 1. The molecular formula is C12H15ClFN3O. The van der Waals surface area contributed by atoms with Gasteiger partial charge in [-0.1, -0.05) is 11.6 Å². The molecule has 18 heavy (non-hydrogen) atoms. The van der Waals surface area contributed by atoms with E-state index in [2.05, 4.69) is 5.32 Å². The van der Waals surface area contributed by atoms with Crippen LogP contribution < -0.4 is 11.1 Å². The van der Waals surface area contributed by atoms with Crippen LogP contribution in [0.1, 0.15) is 12.8 Å². The van der Waals surface area contributed by atoms with E-state index in [0.717, 1.165) is 12.8 Å². The summed E-state index contributed by atoms with van der Waals surface area (Å²) in [5.74, 6) is -0.434. The normalized spacial score (nSPS) is 16.7. The highest BCUT2D eigenvalue weighted by Gasteiger charge is 2.21. The van der Waals surface area contributed by atoms with Crippen LogP contribution >= 0.6 is 11.6 Å². The number of anilines is 1. The number of hydrogen-bond acceptors (Lipinski definition) is 2. The van der Waals surface area contributed by atoms with Crippen LogP contribution in [0.2, 0.25) is 5.02 Å². The minimum atomic E-state index is -0.434. The lowest BCUT2D eigenvalue weighted by atomic mass is 10.0. The van der Waals surface area contributed by atoms with Gasteiger partial charge in [0, 0.05) is 24.8 Å². The SMILES string of the molecule is NC(=O)N1CCC(Nc2ccc(Cl)c(F)c2)CC1. The minimum Gasteiger partial charge on any atom is -0.382 e. The monoisotopic (exact) mass is 271 g/mol. The van der Waals surface area contributed by atoms with E-state index in [9.17, 15) is 9.18 Å². The number of amides is 2. The molecule has 0 unspecified atom stereocenters. The van der Waals surface area contributed by atoms with Crippen LogP contribution in [-0.2, 0) is 0 Å². The average Bonchev–Trinajstić information content (AvgIpc) is 2.34. The van der Waals surface area contributed by atoms with E-state index in [1.165, 1.54) is 12.1 Å². The van der Waals surface area contributed by atoms with Crippen LogP contribution in [0.5, 0.6) is 0 Å². The van der Waals surface area contributed by atoms with E-state index in [1.54, 1.807) is 11.0 Å². The number of rotatable bonds is 2. The van der Waals surface area contributed by atoms with Gasteiger partial charge in [-0.2, -0.15) is 0 Å². The number of halogens is 2. The van der Waals surface area contributed by atoms with Crippen LogP contribution in [0, 0.1) is 5.82 Å². The van der Waals surface area contributed by atoms with Crippen molar-refractivity contribution in [3.8, 4) is 0 Å². The summed E-state index contributed by atoms with van der Waals surface area (Å²) in [5.41, 5.74) is 5.91. The number of urea groups is 1. The fraction of sp³-hybridized carbons (Fsp3) is 0.417. The summed E-state index contributed by atoms with van der Waals surface area (Å²) in [6.45, 7) is 1.26. The number of primary amides is 1. The van der Waals surface area contributed by atoms with E-state index in [-0.39, 0.29) is 17.1 Å². The van der Waals surface area contributed by atoms with E-state index in [1.807, 2.05) is 0 Å². The van der Waals surface area contributed by atoms with Gasteiger partial charge in [0.25, 0.3) is 0 Å². The maximum Gasteiger partial charge on any atom is 0.314 e. The maximum absolute atomic E-state index is 13.3. The molecule has 4 nitrogen and oxygen atoms in total. The number of benzene rings is 1. The molecule has 1 fully saturated rings. The fourth-order valence-corrected chi connectivity index (χ4v) is 2.18. The number of carbonyl (C=O) groups is 1. The molecule has 1 aromatic rings. The second-order valence-electron chi connectivity index (χ2n) is 4.37. The van der Waals surface area contributed by atoms with E-state index < -0.39 is 5.82 Å². The second-order valence-corrected chi connectivity index (χ2v) is 4.78. The molecule has 2 amide bonds. The largest absolute Gasteiger partial charge is 0.382 e. The zero-order valence-electron chi connectivity index (χ0n) is 9.83. The van der Waals surface area contributed by atoms with Gasteiger partial charge in [0.1, 0.15) is 5.82 Å². The predicted octanol–water partition coefficient (Wildman–Crippen LogP) is 2.43. The van der Waals surface area contributed by atoms with Gasteiger partial charge >= 0.3 is 6.03 Å². The number of likely N-dealkylation sites (tertiary alicyclic amines) is 1. The van der Waals surface area contributed by atoms with Crippen molar-refractivity contribution in [1.29, 1.82) is 0 Å². The van der Waals surface area contributed by atoms with Gasteiger partial charge < -0.3 is 16.0 Å². The smallest absolute Gasteiger partial charge is 0.314 e. The molecule has 0 saturated carbocycles. The summed E-state index contributed by atoms with van der Waals surface area (Å²) in [6.07, 6.45) is 1.60. The molecule has 2 rings (SSSR count). The Morgan fingerprint density at radius 2 is 2.11 bits per heavy atom. The van der Waals surface area contributed by atoms with E-state index >= 15 is 0 Å². The maximum atomic E-state index is 13.3. The minimum absolute atomic E-state index is 0.115. The fourth-order valence-electron chi connectivity index (χ4n) is 2.07. The Labute approximate surface area is 110 Å². The highest BCUT2D eigenvalue weighted by atomic mass is 35.5. The van der Waals surface area contributed by atoms with Crippen LogP contribution in [0.4, 0.5) is 14.9 Å². The van der Waals surface area contributed by atoms with Crippen molar-refractivity contribution in [1.82, 2.24) is 4.90 Å². The van der Waals surface area contributed by atoms with Crippen molar-refractivity contribution >= 4 is 23.3 Å². The molecule has 0 radical (unpaired) electrons. The van der Waals surface area contributed by atoms with Crippen molar-refractivity contribution < 1.29 is 9.18 Å². The quantitative estimate of drug-likeness (QED) is 0.868. The molecule has 0 bridgehead atoms. The highest BCUT2D eigenvalue weighted by Crippen LogP contribution is 2.21. The summed E-state index contributed by atoms with van der Waals surface area (Å²) < 4.78 is 13.3. The molecule has 1 aliphatic rings. The Hall–Kier alpha value is -1.49. The van der Waals surface area contributed by atoms with Gasteiger partial charge in [0.05, 0.1) is 5.02 Å². The molecule has 1 aliphatic heterocycles. The van der Waals surface area contributed by atoms with Crippen LogP contribution in [0.3, 0.4) is 0 Å². The lowest BCUT2D eigenvalue weighted by Gasteiger charge is -2.31. The van der Waals surface area contributed by atoms with Crippen molar-refractivity contribution in [3.63, 3.8) is 0 Å². The summed E-state index contributed by atoms with van der Waals surface area (Å²) in [4.78, 5) is 12.6. The first-order valence-corrected chi connectivity index (χ1v) is 6.20. The molecular weight excluding hydrogens is 257 g/mol. The van der Waals surface area contributed by atoms with Gasteiger partial charge in [-0.05, 0) is 31.0 Å². The summed E-state index contributed by atoms with van der Waals surface area (Å²) in [6, 6.07) is 4.49. The Morgan fingerprint density at radius 1 is 1.44 bits per heavy atom. The second kappa shape index (κ2) is 5.44. The molecule has 1 saturated heterocycles. The molecule has 3 N–H and O–H groups in total. The summed E-state index contributed by atoms with van der Waals surface area (Å²) in [5, 5.41) is 3.35. The third-order valence-corrected chi connectivity index (χ3v) is 3.40. The Bertz CT molecular complexity index is 447. The number of nitrogens with two attached hydrogens (primary N) is 1. The summed E-state index contributed by atoms with van der Waals surface area (Å²) >= 11 is 5.62. The zero-order chi connectivity index (χ0) is 13.1. The molecule has 0 atom stereocenters. The predicted molar refractivity (Wildman–Crippen MR) is 69.2 cm³/mol. The first kappa shape index (κ1) is 13.0. The van der Waals surface area contributed by atoms with Gasteiger partial charge in [-0.15, -0.1) is 0 Å². The van der Waals surface area contributed by atoms with E-state index in [0.29, 0.717) is 18.8 Å². The van der Waals surface area contributed by atoms with Crippen molar-refractivity contribution in [3.05, 3.63) is 29.0 Å². The summed E-state index contributed by atoms with van der Waals surface area (Å²) in [7, 11) is 0. The molecule has 0 aromatic heterocycles. The first-order valence-electron chi connectivity index (χ1n) is 5.82. The molecule has 6 heteroatoms. The number of hydrogen-bond donors (Lipinski definition) is 2. The molecule has 98 valence electrons. The molecule has 0 aliphatic carbocycles. The van der Waals surface area contributed by atoms with Crippen LogP contribution in [-0.4, -0.2) is 30.1 Å². The van der Waals surface area contributed by atoms with Gasteiger partial charge in [-0.3, -0.25) is 0 Å². The number of piperidine rings is 1. The van der Waals surface area contributed by atoms with Crippen molar-refractivity contribution in [2.75, 3.05) is 18.4 Å². The van der Waals surface area contributed by atoms with Crippen LogP contribution in [0.15, 0.2) is 18.2 Å². The molecule has 0 spiro atoms. The lowest BCUT2D eigenvalue weighted by Crippen LogP contribution is -2.44. The first-order chi connectivity index (χ1) is 8.56. The Morgan fingerprint density at radius 3 is 2.67 bits per heavy atom. The van der Waals surface area contributed by atoms with Crippen molar-refractivity contribution in [2.24, 2.45) is 5.73 Å². The number of carbonyl (C=O) groups excluding carboxylic acids is 1. The van der Waals surface area contributed by atoms with Crippen molar-refractivity contribution in [2.45, 2.75) is 18.9 Å². The molecule has 1 heterocycles. The third-order valence-electron chi connectivity index (χ3n) is 3.10. The Balaban J connectivity index is 1.91. The van der Waals surface area contributed by atoms with Gasteiger partial charge in [-0.25, -0.2) is 9.18 Å².